The Balaban J connectivity index is 1.86. The average molecular weight is 358 g/mol. The van der Waals surface area contributed by atoms with Gasteiger partial charge in [-0.25, -0.2) is 0 Å². The molecule has 1 aromatic carbocycles. The lowest BCUT2D eigenvalue weighted by Gasteiger charge is -2.25. The molecule has 1 aliphatic rings. The number of amides is 1. The van der Waals surface area contributed by atoms with E-state index >= 15 is 0 Å². The minimum atomic E-state index is -0.365. The summed E-state index contributed by atoms with van der Waals surface area (Å²) in [7, 11) is 1.59. The summed E-state index contributed by atoms with van der Waals surface area (Å²) in [4.78, 5) is 30.0. The highest BCUT2D eigenvalue weighted by Gasteiger charge is 2.28. The summed E-state index contributed by atoms with van der Waals surface area (Å²) >= 11 is 0. The van der Waals surface area contributed by atoms with Gasteiger partial charge in [0.2, 0.25) is 0 Å². The van der Waals surface area contributed by atoms with Crippen LogP contribution in [0.25, 0.3) is 10.9 Å². The molecule has 3 rings (SSSR count). The van der Waals surface area contributed by atoms with Crippen LogP contribution in [0.2, 0.25) is 0 Å². The molecule has 1 atom stereocenters. The van der Waals surface area contributed by atoms with E-state index in [4.69, 9.17) is 9.47 Å². The van der Waals surface area contributed by atoms with Crippen LogP contribution in [-0.2, 0) is 16.1 Å². The number of carbonyl (C=O) groups is 1. The van der Waals surface area contributed by atoms with E-state index in [9.17, 15) is 9.59 Å². The molecule has 140 valence electrons. The van der Waals surface area contributed by atoms with Gasteiger partial charge >= 0.3 is 0 Å². The number of ether oxygens (including phenoxy) is 2. The largest absolute Gasteiger partial charge is 0.497 e. The molecule has 0 radical (unpaired) electrons. The maximum absolute atomic E-state index is 12.8. The number of nitrogens with one attached hydrogen (secondary N) is 1. The van der Waals surface area contributed by atoms with Crippen LogP contribution in [-0.4, -0.2) is 42.2 Å². The molecule has 6 nitrogen and oxygen atoms in total. The van der Waals surface area contributed by atoms with Gasteiger partial charge < -0.3 is 19.4 Å². The molecule has 0 saturated carbocycles. The Morgan fingerprint density at radius 2 is 2.23 bits per heavy atom. The van der Waals surface area contributed by atoms with Crippen molar-refractivity contribution >= 4 is 16.8 Å². The SMILES string of the molecule is CCCCN(Cc1cc2ccc(OC)cc2[nH]c1=O)C(=O)[C@@H]1CCCO1. The number of fused-ring (bicyclic) bond motifs is 1. The summed E-state index contributed by atoms with van der Waals surface area (Å²) in [5, 5.41) is 0.917. The van der Waals surface area contributed by atoms with E-state index in [1.165, 1.54) is 0 Å². The molecule has 1 saturated heterocycles. The van der Waals surface area contributed by atoms with Crippen LogP contribution in [0.5, 0.6) is 5.75 Å². The van der Waals surface area contributed by atoms with E-state index < -0.39 is 0 Å². The molecule has 6 heteroatoms. The van der Waals surface area contributed by atoms with Crippen LogP contribution in [0.3, 0.4) is 0 Å². The first-order valence-corrected chi connectivity index (χ1v) is 9.22. The summed E-state index contributed by atoms with van der Waals surface area (Å²) < 4.78 is 10.7. The van der Waals surface area contributed by atoms with Gasteiger partial charge in [-0.2, -0.15) is 0 Å². The first-order chi connectivity index (χ1) is 12.6. The van der Waals surface area contributed by atoms with Crippen molar-refractivity contribution < 1.29 is 14.3 Å². The minimum absolute atomic E-state index is 0.00909. The number of H-pyrrole nitrogens is 1. The number of hydrogen-bond donors (Lipinski definition) is 1. The molecule has 0 aliphatic carbocycles. The van der Waals surface area contributed by atoms with E-state index in [0.29, 0.717) is 31.0 Å². The molecule has 0 unspecified atom stereocenters. The zero-order valence-electron chi connectivity index (χ0n) is 15.4. The molecule has 1 aliphatic heterocycles. The number of aromatic nitrogens is 1. The van der Waals surface area contributed by atoms with Crippen molar-refractivity contribution in [2.75, 3.05) is 20.3 Å². The molecule has 2 heterocycles. The third-order valence-corrected chi connectivity index (χ3v) is 4.79. The van der Waals surface area contributed by atoms with Gasteiger partial charge in [0.25, 0.3) is 11.5 Å². The quantitative estimate of drug-likeness (QED) is 0.826. The fourth-order valence-corrected chi connectivity index (χ4v) is 3.27. The van der Waals surface area contributed by atoms with Crippen molar-refractivity contribution in [3.63, 3.8) is 0 Å². The van der Waals surface area contributed by atoms with Crippen molar-refractivity contribution in [2.24, 2.45) is 0 Å². The number of aromatic amines is 1. The number of rotatable bonds is 7. The molecule has 0 bridgehead atoms. The van der Waals surface area contributed by atoms with Gasteiger partial charge in [-0.05, 0) is 42.8 Å². The van der Waals surface area contributed by atoms with Crippen LogP contribution in [0.15, 0.2) is 29.1 Å². The maximum atomic E-state index is 12.8. The second kappa shape index (κ2) is 8.36. The van der Waals surface area contributed by atoms with Crippen molar-refractivity contribution in [3.8, 4) is 5.75 Å². The third-order valence-electron chi connectivity index (χ3n) is 4.79. The number of nitrogens with zero attached hydrogens (tertiary/aromatic N) is 1. The summed E-state index contributed by atoms with van der Waals surface area (Å²) in [6.07, 6.45) is 3.20. The lowest BCUT2D eigenvalue weighted by atomic mass is 10.1. The highest BCUT2D eigenvalue weighted by molar-refractivity contribution is 5.82. The molecule has 1 amide bonds. The van der Waals surface area contributed by atoms with Gasteiger partial charge in [0, 0.05) is 24.8 Å². The maximum Gasteiger partial charge on any atom is 0.253 e. The Morgan fingerprint density at radius 3 is 2.92 bits per heavy atom. The third kappa shape index (κ3) is 4.07. The summed E-state index contributed by atoms with van der Waals surface area (Å²) in [6, 6.07) is 7.42. The molecule has 1 N–H and O–H groups in total. The Bertz CT molecular complexity index is 824. The second-order valence-corrected chi connectivity index (χ2v) is 6.69. The van der Waals surface area contributed by atoms with Crippen molar-refractivity contribution in [1.82, 2.24) is 9.88 Å². The molecule has 1 fully saturated rings. The molecular formula is C20H26N2O4. The summed E-state index contributed by atoms with van der Waals surface area (Å²) in [5.41, 5.74) is 1.14. The van der Waals surface area contributed by atoms with Crippen molar-refractivity contribution in [3.05, 3.63) is 40.2 Å². The van der Waals surface area contributed by atoms with Crippen LogP contribution in [0.1, 0.15) is 38.2 Å². The molecule has 2 aromatic rings. The van der Waals surface area contributed by atoms with E-state index in [1.54, 1.807) is 18.1 Å². The van der Waals surface area contributed by atoms with Gasteiger partial charge in [-0.3, -0.25) is 9.59 Å². The average Bonchev–Trinajstić information content (AvgIpc) is 3.19. The monoisotopic (exact) mass is 358 g/mol. The van der Waals surface area contributed by atoms with Crippen LogP contribution < -0.4 is 10.3 Å². The zero-order chi connectivity index (χ0) is 18.5. The Kier molecular flexibility index (Phi) is 5.93. The van der Waals surface area contributed by atoms with Crippen LogP contribution in [0.4, 0.5) is 0 Å². The topological polar surface area (TPSA) is 71.6 Å². The number of methoxy groups -OCH3 is 1. The fraction of sp³-hybridized carbons (Fsp3) is 0.500. The number of unbranched alkanes of at least 4 members (excludes halogenated alkanes) is 1. The smallest absolute Gasteiger partial charge is 0.253 e. The lowest BCUT2D eigenvalue weighted by Crippen LogP contribution is -2.40. The normalized spacial score (nSPS) is 16.8. The highest BCUT2D eigenvalue weighted by Crippen LogP contribution is 2.20. The van der Waals surface area contributed by atoms with Crippen LogP contribution >= 0.6 is 0 Å². The van der Waals surface area contributed by atoms with E-state index in [-0.39, 0.29) is 17.6 Å². The van der Waals surface area contributed by atoms with Gasteiger partial charge in [0.05, 0.1) is 19.2 Å². The van der Waals surface area contributed by atoms with Crippen molar-refractivity contribution in [2.45, 2.75) is 45.3 Å². The van der Waals surface area contributed by atoms with Crippen LogP contribution in [0, 0.1) is 0 Å². The summed E-state index contributed by atoms with van der Waals surface area (Å²) in [5.74, 6) is 0.684. The van der Waals surface area contributed by atoms with E-state index in [0.717, 1.165) is 36.6 Å². The highest BCUT2D eigenvalue weighted by atomic mass is 16.5. The minimum Gasteiger partial charge on any atom is -0.497 e. The fourth-order valence-electron chi connectivity index (χ4n) is 3.27. The van der Waals surface area contributed by atoms with Gasteiger partial charge in [-0.1, -0.05) is 13.3 Å². The van der Waals surface area contributed by atoms with E-state index in [2.05, 4.69) is 11.9 Å². The standard InChI is InChI=1S/C20H26N2O4/c1-3-4-9-22(20(24)18-6-5-10-26-18)13-15-11-14-7-8-16(25-2)12-17(14)21-19(15)23/h7-8,11-12,18H,3-6,9-10,13H2,1-2H3,(H,21,23)/t18-/m0/s1. The lowest BCUT2D eigenvalue weighted by molar-refractivity contribution is -0.141. The Hall–Kier alpha value is -2.34. The number of carbonyl (C=O) groups excluding carboxylic acids is 1. The summed E-state index contributed by atoms with van der Waals surface area (Å²) in [6.45, 7) is 3.66. The molecule has 0 spiro atoms. The Labute approximate surface area is 153 Å². The first-order valence-electron chi connectivity index (χ1n) is 9.22. The zero-order valence-corrected chi connectivity index (χ0v) is 15.4. The predicted octanol–water partition coefficient (Wildman–Crippen LogP) is 2.84. The Morgan fingerprint density at radius 1 is 1.38 bits per heavy atom. The van der Waals surface area contributed by atoms with Crippen molar-refractivity contribution in [1.29, 1.82) is 0 Å². The van der Waals surface area contributed by atoms with Gasteiger partial charge in [-0.15, -0.1) is 0 Å². The second-order valence-electron chi connectivity index (χ2n) is 6.69. The number of pyridine rings is 1. The van der Waals surface area contributed by atoms with Gasteiger partial charge in [0.1, 0.15) is 11.9 Å². The van der Waals surface area contributed by atoms with Gasteiger partial charge in [0.15, 0.2) is 0 Å². The predicted molar refractivity (Wildman–Crippen MR) is 100 cm³/mol. The van der Waals surface area contributed by atoms with E-state index in [1.807, 2.05) is 18.2 Å². The molecule has 26 heavy (non-hydrogen) atoms. The molecular weight excluding hydrogens is 332 g/mol. The molecule has 1 aromatic heterocycles. The first kappa shape index (κ1) is 18.5. The number of hydrogen-bond acceptors (Lipinski definition) is 4. The number of benzene rings is 1.